The van der Waals surface area contributed by atoms with Gasteiger partial charge in [0.15, 0.2) is 5.82 Å². The summed E-state index contributed by atoms with van der Waals surface area (Å²) in [6.07, 6.45) is 7.59. The number of anilines is 1. The number of phenolic OH excluding ortho intramolecular Hbond substituents is 1. The van der Waals surface area contributed by atoms with E-state index < -0.39 is 23.0 Å². The van der Waals surface area contributed by atoms with Crippen LogP contribution in [0.25, 0.3) is 32.9 Å². The number of nitrogens with zero attached hydrogens (tertiary/aromatic N) is 6. The highest BCUT2D eigenvalue weighted by Gasteiger charge is 2.71. The average Bonchev–Trinajstić information content (AvgIpc) is 3.53. The predicted octanol–water partition coefficient (Wildman–Crippen LogP) is 5.31. The van der Waals surface area contributed by atoms with Crippen molar-refractivity contribution < 1.29 is 27.4 Å². The van der Waals surface area contributed by atoms with Crippen LogP contribution in [0.5, 0.6) is 11.8 Å². The van der Waals surface area contributed by atoms with Gasteiger partial charge in [-0.1, -0.05) is 12.0 Å². The topological polar surface area (TPSA) is 77.9 Å². The van der Waals surface area contributed by atoms with Crippen LogP contribution in [-0.2, 0) is 0 Å². The Hall–Kier alpha value is -4.21. The number of aromatic nitrogens is 3. The predicted molar refractivity (Wildman–Crippen MR) is 165 cm³/mol. The number of alkyl halides is 2. The number of halogens is 4. The smallest absolute Gasteiger partial charge is 0.317 e. The zero-order valence-electron chi connectivity index (χ0n) is 25.5. The van der Waals surface area contributed by atoms with Gasteiger partial charge in [-0.15, -0.1) is 6.42 Å². The van der Waals surface area contributed by atoms with E-state index in [1.54, 1.807) is 7.05 Å². The van der Waals surface area contributed by atoms with Gasteiger partial charge in [-0.2, -0.15) is 4.98 Å². The van der Waals surface area contributed by atoms with Crippen LogP contribution in [0.15, 0.2) is 30.5 Å². The molecule has 2 aromatic carbocycles. The number of fused-ring (bicyclic) bond motifs is 2. The number of benzene rings is 2. The Kier molecular flexibility index (Phi) is 7.73. The largest absolute Gasteiger partial charge is 0.508 e. The Labute approximate surface area is 258 Å². The number of phenols is 1. The van der Waals surface area contributed by atoms with E-state index in [-0.39, 0.29) is 65.1 Å². The first kappa shape index (κ1) is 30.8. The normalized spacial score (nSPS) is 20.6. The molecule has 0 radical (unpaired) electrons. The Morgan fingerprint density at radius 1 is 1.16 bits per heavy atom. The molecule has 2 fully saturated rings. The number of ether oxygens (including phenoxy) is 1. The number of pyridine rings is 1. The number of hydrogen-bond donors (Lipinski definition) is 1. The van der Waals surface area contributed by atoms with Crippen LogP contribution in [0.3, 0.4) is 0 Å². The molecule has 2 aliphatic rings. The van der Waals surface area contributed by atoms with Crippen molar-refractivity contribution in [3.8, 4) is 35.4 Å². The summed E-state index contributed by atoms with van der Waals surface area (Å²) < 4.78 is 66.4. The van der Waals surface area contributed by atoms with Gasteiger partial charge >= 0.3 is 6.01 Å². The minimum atomic E-state index is -2.92. The SMILES string of the molecule is C#Cc1c(F)ccc2cc(O)cc(-c3nc(N4CC[C@@H]4C)c4cnc(OC[C@]5(CN(C)CCN(C)C)CC5(F)F)nc4c3F)c12. The minimum absolute atomic E-state index is 0.0877. The lowest BCUT2D eigenvalue weighted by Crippen LogP contribution is -2.46. The molecule has 2 aromatic heterocycles. The van der Waals surface area contributed by atoms with Crippen LogP contribution in [-0.4, -0.2) is 95.8 Å². The minimum Gasteiger partial charge on any atom is -0.508 e. The van der Waals surface area contributed by atoms with E-state index in [0.29, 0.717) is 36.2 Å². The third-order valence-corrected chi connectivity index (χ3v) is 8.87. The molecule has 0 spiro atoms. The molecule has 6 rings (SSSR count). The molecule has 1 aliphatic heterocycles. The van der Waals surface area contributed by atoms with Crippen molar-refractivity contribution in [3.63, 3.8) is 0 Å². The van der Waals surface area contributed by atoms with E-state index in [0.717, 1.165) is 6.42 Å². The maximum atomic E-state index is 16.5. The van der Waals surface area contributed by atoms with Crippen molar-refractivity contribution in [2.45, 2.75) is 31.7 Å². The molecule has 12 heteroatoms. The molecule has 0 amide bonds. The van der Waals surface area contributed by atoms with Gasteiger partial charge in [0, 0.05) is 55.8 Å². The maximum Gasteiger partial charge on any atom is 0.317 e. The van der Waals surface area contributed by atoms with Crippen molar-refractivity contribution in [1.29, 1.82) is 0 Å². The number of likely N-dealkylation sites (N-methyl/N-ethyl adjacent to an activating group) is 2. The van der Waals surface area contributed by atoms with Crippen molar-refractivity contribution in [2.24, 2.45) is 5.41 Å². The summed E-state index contributed by atoms with van der Waals surface area (Å²) in [5.74, 6) is -1.92. The third-order valence-electron chi connectivity index (χ3n) is 8.87. The van der Waals surface area contributed by atoms with Gasteiger partial charge in [0.25, 0.3) is 5.92 Å². The highest BCUT2D eigenvalue weighted by atomic mass is 19.3. The van der Waals surface area contributed by atoms with Crippen molar-refractivity contribution in [3.05, 3.63) is 47.7 Å². The second-order valence-electron chi connectivity index (χ2n) is 12.5. The van der Waals surface area contributed by atoms with E-state index in [1.807, 2.05) is 35.7 Å². The highest BCUT2D eigenvalue weighted by Crippen LogP contribution is 2.60. The van der Waals surface area contributed by atoms with Crippen molar-refractivity contribution in [1.82, 2.24) is 24.8 Å². The molecule has 45 heavy (non-hydrogen) atoms. The van der Waals surface area contributed by atoms with E-state index in [4.69, 9.17) is 11.2 Å². The van der Waals surface area contributed by atoms with Gasteiger partial charge in [-0.05, 0) is 58.1 Å². The number of rotatable bonds is 10. The lowest BCUT2D eigenvalue weighted by Gasteiger charge is -2.40. The van der Waals surface area contributed by atoms with Crippen molar-refractivity contribution in [2.75, 3.05) is 58.8 Å². The Morgan fingerprint density at radius 2 is 1.91 bits per heavy atom. The van der Waals surface area contributed by atoms with Crippen LogP contribution in [0.4, 0.5) is 23.4 Å². The van der Waals surface area contributed by atoms with Crippen LogP contribution < -0.4 is 9.64 Å². The molecule has 236 valence electrons. The van der Waals surface area contributed by atoms with Crippen LogP contribution in [0.2, 0.25) is 0 Å². The Balaban J connectivity index is 1.43. The summed E-state index contributed by atoms with van der Waals surface area (Å²) >= 11 is 0. The van der Waals surface area contributed by atoms with Crippen molar-refractivity contribution >= 4 is 27.5 Å². The summed E-state index contributed by atoms with van der Waals surface area (Å²) in [6.45, 7) is 3.72. The van der Waals surface area contributed by atoms with E-state index in [9.17, 15) is 18.3 Å². The van der Waals surface area contributed by atoms with Gasteiger partial charge < -0.3 is 24.5 Å². The molecule has 0 bridgehead atoms. The fraction of sp³-hybridized carbons (Fsp3) is 0.424. The van der Waals surface area contributed by atoms with Gasteiger partial charge in [0.05, 0.1) is 16.4 Å². The summed E-state index contributed by atoms with van der Waals surface area (Å²) in [5.41, 5.74) is -1.76. The molecule has 1 saturated carbocycles. The summed E-state index contributed by atoms with van der Waals surface area (Å²) in [5, 5.41) is 11.4. The first-order chi connectivity index (χ1) is 21.3. The average molecular weight is 623 g/mol. The second-order valence-corrected chi connectivity index (χ2v) is 12.5. The zero-order chi connectivity index (χ0) is 32.3. The van der Waals surface area contributed by atoms with E-state index in [1.165, 1.54) is 30.5 Å². The standard InChI is InChI=1S/C33H34F4N6O2/c1-6-22-25(34)8-7-20-13-21(44)14-23(26(20)22)28-27(35)29-24(30(39-28)43-10-9-19(43)2)15-38-31(40-29)45-18-32(16-33(32,36)37)17-42(5)12-11-41(3)4/h1,7-8,13-15,19,44H,9-12,16-18H2,2-5H3/t19-,32+/m0/s1. The van der Waals surface area contributed by atoms with E-state index in [2.05, 4.69) is 20.9 Å². The Morgan fingerprint density at radius 3 is 2.53 bits per heavy atom. The number of terminal acetylenes is 1. The quantitative estimate of drug-likeness (QED) is 0.189. The molecule has 1 N–H and O–H groups in total. The summed E-state index contributed by atoms with van der Waals surface area (Å²) in [6, 6.07) is 5.16. The zero-order valence-corrected chi connectivity index (χ0v) is 25.5. The molecule has 1 saturated heterocycles. The van der Waals surface area contributed by atoms with Gasteiger partial charge in [-0.3, -0.25) is 0 Å². The molecular formula is C33H34F4N6O2. The maximum absolute atomic E-state index is 16.5. The third kappa shape index (κ3) is 5.48. The van der Waals surface area contributed by atoms with Gasteiger partial charge in [0.1, 0.15) is 35.2 Å². The summed E-state index contributed by atoms with van der Waals surface area (Å²) in [7, 11) is 5.62. The van der Waals surface area contributed by atoms with Crippen LogP contribution >= 0.6 is 0 Å². The lowest BCUT2D eigenvalue weighted by molar-refractivity contribution is 0.0251. The second kappa shape index (κ2) is 11.3. The molecule has 2 atom stereocenters. The van der Waals surface area contributed by atoms with Gasteiger partial charge in [0.2, 0.25) is 0 Å². The van der Waals surface area contributed by atoms with Crippen LogP contribution in [0.1, 0.15) is 25.3 Å². The first-order valence-corrected chi connectivity index (χ1v) is 14.7. The molecule has 3 heterocycles. The highest BCUT2D eigenvalue weighted by molar-refractivity contribution is 6.03. The molecule has 4 aromatic rings. The number of hydrogen-bond acceptors (Lipinski definition) is 8. The van der Waals surface area contributed by atoms with E-state index >= 15 is 4.39 Å². The molecule has 8 nitrogen and oxygen atoms in total. The van der Waals surface area contributed by atoms with Gasteiger partial charge in [-0.25, -0.2) is 27.5 Å². The number of aromatic hydroxyl groups is 1. The Bertz CT molecular complexity index is 1840. The lowest BCUT2D eigenvalue weighted by atomic mass is 9.95. The summed E-state index contributed by atoms with van der Waals surface area (Å²) in [4.78, 5) is 19.0. The molecule has 1 aliphatic carbocycles. The fourth-order valence-electron chi connectivity index (χ4n) is 6.00. The first-order valence-electron chi connectivity index (χ1n) is 14.7. The molecular weight excluding hydrogens is 588 g/mol. The fourth-order valence-corrected chi connectivity index (χ4v) is 6.00. The molecule has 0 unspecified atom stereocenters. The van der Waals surface area contributed by atoms with Crippen LogP contribution in [0, 0.1) is 29.4 Å². The monoisotopic (exact) mass is 622 g/mol.